The molecule has 0 bridgehead atoms. The minimum absolute atomic E-state index is 0.0356. The van der Waals surface area contributed by atoms with Gasteiger partial charge in [-0.3, -0.25) is 9.59 Å². The predicted molar refractivity (Wildman–Crippen MR) is 119 cm³/mol. The summed E-state index contributed by atoms with van der Waals surface area (Å²) in [5.41, 5.74) is 0.547. The second-order valence-electron chi connectivity index (χ2n) is 6.54. The van der Waals surface area contributed by atoms with Crippen molar-refractivity contribution in [3.8, 4) is 11.5 Å². The largest absolute Gasteiger partial charge is 0.493 e. The number of thiazole rings is 1. The van der Waals surface area contributed by atoms with Crippen LogP contribution in [0.1, 0.15) is 17.3 Å². The summed E-state index contributed by atoms with van der Waals surface area (Å²) in [7, 11) is 0.612. The van der Waals surface area contributed by atoms with Gasteiger partial charge in [-0.2, -0.15) is 4.99 Å². The van der Waals surface area contributed by atoms with Gasteiger partial charge < -0.3 is 18.8 Å². The molecule has 0 aliphatic heterocycles. The van der Waals surface area contributed by atoms with E-state index in [1.54, 1.807) is 24.3 Å². The minimum Gasteiger partial charge on any atom is -0.493 e. The summed E-state index contributed by atoms with van der Waals surface area (Å²) in [6.45, 7) is 1.30. The Morgan fingerprint density at radius 2 is 1.72 bits per heavy atom. The first-order valence-electron chi connectivity index (χ1n) is 9.48. The Labute approximate surface area is 188 Å². The smallest absolute Gasteiger partial charge is 0.325 e. The van der Waals surface area contributed by atoms with Gasteiger partial charge >= 0.3 is 5.97 Å². The number of sulfone groups is 1. The van der Waals surface area contributed by atoms with Crippen LogP contribution in [0.4, 0.5) is 0 Å². The molecule has 3 rings (SSSR count). The predicted octanol–water partition coefficient (Wildman–Crippen LogP) is 2.43. The van der Waals surface area contributed by atoms with E-state index in [1.165, 1.54) is 45.0 Å². The zero-order valence-electron chi connectivity index (χ0n) is 17.9. The van der Waals surface area contributed by atoms with Crippen LogP contribution in [0, 0.1) is 0 Å². The highest BCUT2D eigenvalue weighted by Crippen LogP contribution is 2.33. The van der Waals surface area contributed by atoms with Crippen LogP contribution in [0.5, 0.6) is 11.5 Å². The van der Waals surface area contributed by atoms with E-state index >= 15 is 0 Å². The quantitative estimate of drug-likeness (QED) is 0.479. The molecule has 11 heteroatoms. The fourth-order valence-corrected chi connectivity index (χ4v) is 5.17. The number of aromatic nitrogens is 1. The maximum absolute atomic E-state index is 13.0. The van der Waals surface area contributed by atoms with Crippen molar-refractivity contribution in [3.05, 3.63) is 46.8 Å². The third-order valence-corrected chi connectivity index (χ3v) is 7.56. The van der Waals surface area contributed by atoms with Gasteiger partial charge in [-0.15, -0.1) is 0 Å². The molecule has 0 saturated heterocycles. The standard InChI is InChI=1S/C21H22N2O7S2/c1-5-32(26,27)18-9-7-6-8-13(18)20(25)22-21-23(12-19(24)30-4)14-10-15(28-2)16(29-3)11-17(14)31-21/h6-11H,5,12H2,1-4H3. The number of fused-ring (bicyclic) bond motifs is 1. The summed E-state index contributed by atoms with van der Waals surface area (Å²) in [6, 6.07) is 9.30. The molecule has 0 radical (unpaired) electrons. The molecule has 1 heterocycles. The van der Waals surface area contributed by atoms with Crippen LogP contribution in [-0.4, -0.2) is 51.9 Å². The molecule has 1 amide bonds. The molecule has 0 unspecified atom stereocenters. The zero-order valence-corrected chi connectivity index (χ0v) is 19.6. The van der Waals surface area contributed by atoms with Crippen LogP contribution < -0.4 is 14.3 Å². The first-order chi connectivity index (χ1) is 15.2. The molecule has 1 aromatic heterocycles. The van der Waals surface area contributed by atoms with Crippen molar-refractivity contribution in [2.24, 2.45) is 4.99 Å². The topological polar surface area (TPSA) is 113 Å². The number of amides is 1. The van der Waals surface area contributed by atoms with Gasteiger partial charge in [-0.1, -0.05) is 30.4 Å². The Kier molecular flexibility index (Phi) is 6.99. The highest BCUT2D eigenvalue weighted by atomic mass is 32.2. The fraction of sp³-hybridized carbons (Fsp3) is 0.286. The average molecular weight is 479 g/mol. The van der Waals surface area contributed by atoms with E-state index in [9.17, 15) is 18.0 Å². The third-order valence-electron chi connectivity index (χ3n) is 4.73. The van der Waals surface area contributed by atoms with E-state index in [2.05, 4.69) is 4.99 Å². The summed E-state index contributed by atoms with van der Waals surface area (Å²) in [6.07, 6.45) is 0. The van der Waals surface area contributed by atoms with Crippen molar-refractivity contribution in [2.45, 2.75) is 18.4 Å². The zero-order chi connectivity index (χ0) is 23.5. The summed E-state index contributed by atoms with van der Waals surface area (Å²) in [4.78, 5) is 29.3. The van der Waals surface area contributed by atoms with Crippen LogP contribution in [0.15, 0.2) is 46.3 Å². The molecule has 0 atom stereocenters. The van der Waals surface area contributed by atoms with E-state index in [4.69, 9.17) is 14.2 Å². The second-order valence-corrected chi connectivity index (χ2v) is 9.79. The Morgan fingerprint density at radius 3 is 2.34 bits per heavy atom. The average Bonchev–Trinajstić information content (AvgIpc) is 3.13. The summed E-state index contributed by atoms with van der Waals surface area (Å²) >= 11 is 1.15. The van der Waals surface area contributed by atoms with Crippen LogP contribution in [-0.2, 0) is 25.9 Å². The molecule has 0 N–H and O–H groups in total. The third kappa shape index (κ3) is 4.53. The van der Waals surface area contributed by atoms with Crippen molar-refractivity contribution in [1.29, 1.82) is 0 Å². The number of benzene rings is 2. The lowest BCUT2D eigenvalue weighted by atomic mass is 10.2. The lowest BCUT2D eigenvalue weighted by Crippen LogP contribution is -2.22. The van der Waals surface area contributed by atoms with Crippen LogP contribution >= 0.6 is 11.3 Å². The molecule has 0 aliphatic rings. The van der Waals surface area contributed by atoms with Crippen LogP contribution in [0.25, 0.3) is 10.2 Å². The van der Waals surface area contributed by atoms with E-state index < -0.39 is 21.7 Å². The van der Waals surface area contributed by atoms with Gasteiger partial charge in [0, 0.05) is 12.1 Å². The van der Waals surface area contributed by atoms with Gasteiger partial charge in [0.15, 0.2) is 26.1 Å². The monoisotopic (exact) mass is 478 g/mol. The number of nitrogens with zero attached hydrogens (tertiary/aromatic N) is 2. The van der Waals surface area contributed by atoms with Gasteiger partial charge in [0.25, 0.3) is 5.91 Å². The fourth-order valence-electron chi connectivity index (χ4n) is 3.05. The van der Waals surface area contributed by atoms with Gasteiger partial charge in [0.1, 0.15) is 6.54 Å². The van der Waals surface area contributed by atoms with Crippen molar-refractivity contribution in [2.75, 3.05) is 27.1 Å². The number of hydrogen-bond donors (Lipinski definition) is 0. The number of ether oxygens (including phenoxy) is 3. The number of carbonyl (C=O) groups is 2. The van der Waals surface area contributed by atoms with Gasteiger partial charge in [-0.25, -0.2) is 8.42 Å². The molecular weight excluding hydrogens is 456 g/mol. The van der Waals surface area contributed by atoms with Gasteiger partial charge in [-0.05, 0) is 12.1 Å². The Balaban J connectivity index is 2.25. The van der Waals surface area contributed by atoms with Crippen LogP contribution in [0.2, 0.25) is 0 Å². The number of esters is 1. The molecule has 0 fully saturated rings. The molecule has 0 aliphatic carbocycles. The second kappa shape index (κ2) is 9.53. The Morgan fingerprint density at radius 1 is 1.06 bits per heavy atom. The maximum Gasteiger partial charge on any atom is 0.325 e. The van der Waals surface area contributed by atoms with Crippen molar-refractivity contribution < 1.29 is 32.2 Å². The van der Waals surface area contributed by atoms with E-state index in [0.29, 0.717) is 21.7 Å². The molecule has 0 spiro atoms. The molecular formula is C21H22N2O7S2. The maximum atomic E-state index is 13.0. The normalized spacial score (nSPS) is 12.1. The Bertz CT molecular complexity index is 1350. The van der Waals surface area contributed by atoms with Crippen molar-refractivity contribution in [3.63, 3.8) is 0 Å². The number of methoxy groups -OCH3 is 3. The first-order valence-corrected chi connectivity index (χ1v) is 12.0. The number of carbonyl (C=O) groups excluding carboxylic acids is 2. The Hall–Kier alpha value is -3.18. The lowest BCUT2D eigenvalue weighted by molar-refractivity contribution is -0.141. The van der Waals surface area contributed by atoms with E-state index in [0.717, 1.165) is 11.3 Å². The minimum atomic E-state index is -3.63. The molecule has 9 nitrogen and oxygen atoms in total. The molecule has 0 saturated carbocycles. The van der Waals surface area contributed by atoms with Crippen molar-refractivity contribution >= 4 is 43.3 Å². The first kappa shape index (κ1) is 23.5. The number of hydrogen-bond acceptors (Lipinski definition) is 8. The summed E-state index contributed by atoms with van der Waals surface area (Å²) < 4.78 is 42.5. The highest BCUT2D eigenvalue weighted by molar-refractivity contribution is 7.91. The van der Waals surface area contributed by atoms with Crippen molar-refractivity contribution in [1.82, 2.24) is 4.57 Å². The molecule has 32 heavy (non-hydrogen) atoms. The summed E-state index contributed by atoms with van der Waals surface area (Å²) in [5, 5.41) is 0. The van der Waals surface area contributed by atoms with Gasteiger partial charge in [0.2, 0.25) is 0 Å². The lowest BCUT2D eigenvalue weighted by Gasteiger charge is -2.09. The van der Waals surface area contributed by atoms with E-state index in [1.807, 2.05) is 0 Å². The molecule has 2 aromatic carbocycles. The van der Waals surface area contributed by atoms with Crippen LogP contribution in [0.3, 0.4) is 0 Å². The SMILES string of the molecule is CCS(=O)(=O)c1ccccc1C(=O)N=c1sc2cc(OC)c(OC)cc2n1CC(=O)OC. The highest BCUT2D eigenvalue weighted by Gasteiger charge is 2.21. The molecule has 170 valence electrons. The molecule has 3 aromatic rings. The van der Waals surface area contributed by atoms with E-state index in [-0.39, 0.29) is 27.6 Å². The number of rotatable bonds is 7. The van der Waals surface area contributed by atoms with Gasteiger partial charge in [0.05, 0.1) is 47.8 Å². The summed E-state index contributed by atoms with van der Waals surface area (Å²) in [5.74, 6) is -0.510.